The topological polar surface area (TPSA) is 119 Å². The second kappa shape index (κ2) is 11.5. The van der Waals surface area contributed by atoms with Gasteiger partial charge in [0.15, 0.2) is 0 Å². The molecule has 0 fully saturated rings. The number of fused-ring (bicyclic) bond motifs is 3. The van der Waals surface area contributed by atoms with Gasteiger partial charge in [0.25, 0.3) is 0 Å². The Morgan fingerprint density at radius 1 is 0.865 bits per heavy atom. The molecule has 1 aliphatic carbocycles. The van der Waals surface area contributed by atoms with Gasteiger partial charge in [0.2, 0.25) is 0 Å². The van der Waals surface area contributed by atoms with Crippen LogP contribution < -0.4 is 10.1 Å². The molecule has 190 valence electrons. The van der Waals surface area contributed by atoms with Gasteiger partial charge < -0.3 is 24.7 Å². The van der Waals surface area contributed by atoms with Crippen LogP contribution in [0.25, 0.3) is 11.1 Å². The van der Waals surface area contributed by atoms with Crippen LogP contribution in [0.2, 0.25) is 0 Å². The molecule has 2 N–H and O–H groups in total. The van der Waals surface area contributed by atoms with Crippen LogP contribution in [-0.2, 0) is 25.5 Å². The number of benzene rings is 3. The maximum absolute atomic E-state index is 12.5. The van der Waals surface area contributed by atoms with E-state index in [1.165, 1.54) is 19.1 Å². The molecule has 0 aromatic heterocycles. The Kier molecular flexibility index (Phi) is 7.98. The fourth-order valence-electron chi connectivity index (χ4n) is 4.37. The SMILES string of the molecule is CC(=O)CCC(=O)Oc1ccc(C[C@H](NC(=O)OCC2c3ccccc3-c3ccccc32)C(=O)O)cc1. The van der Waals surface area contributed by atoms with Gasteiger partial charge in [-0.25, -0.2) is 9.59 Å². The second-order valence-electron chi connectivity index (χ2n) is 8.88. The zero-order valence-electron chi connectivity index (χ0n) is 20.3. The van der Waals surface area contributed by atoms with Crippen molar-refractivity contribution in [2.24, 2.45) is 0 Å². The van der Waals surface area contributed by atoms with E-state index in [1.54, 1.807) is 12.1 Å². The number of aliphatic carboxylic acids is 1. The summed E-state index contributed by atoms with van der Waals surface area (Å²) in [4.78, 5) is 47.1. The van der Waals surface area contributed by atoms with Crippen LogP contribution >= 0.6 is 0 Å². The number of rotatable bonds is 10. The van der Waals surface area contributed by atoms with Crippen LogP contribution in [0.3, 0.4) is 0 Å². The summed E-state index contributed by atoms with van der Waals surface area (Å²) in [5, 5.41) is 12.1. The summed E-state index contributed by atoms with van der Waals surface area (Å²) in [7, 11) is 0. The molecule has 1 aliphatic rings. The molecular formula is C29H27NO7. The largest absolute Gasteiger partial charge is 0.480 e. The lowest BCUT2D eigenvalue weighted by molar-refractivity contribution is -0.139. The normalized spacial score (nSPS) is 12.7. The number of carbonyl (C=O) groups is 4. The Labute approximate surface area is 214 Å². The monoisotopic (exact) mass is 501 g/mol. The molecule has 8 nitrogen and oxygen atoms in total. The minimum atomic E-state index is -1.21. The van der Waals surface area contributed by atoms with Crippen molar-refractivity contribution >= 4 is 23.8 Å². The van der Waals surface area contributed by atoms with Crippen LogP contribution in [0.4, 0.5) is 4.79 Å². The van der Waals surface area contributed by atoms with Crippen LogP contribution in [0.15, 0.2) is 72.8 Å². The average molecular weight is 502 g/mol. The molecule has 0 saturated carbocycles. The second-order valence-corrected chi connectivity index (χ2v) is 8.88. The first-order valence-corrected chi connectivity index (χ1v) is 11.9. The maximum atomic E-state index is 12.5. The number of ketones is 1. The number of carbonyl (C=O) groups excluding carboxylic acids is 3. The quantitative estimate of drug-likeness (QED) is 0.310. The maximum Gasteiger partial charge on any atom is 0.407 e. The number of alkyl carbamates (subject to hydrolysis) is 1. The standard InChI is InChI=1S/C29H27NO7/c1-18(31)10-15-27(32)37-20-13-11-19(12-14-20)16-26(28(33)34)30-29(35)36-17-25-23-8-4-2-6-21(23)22-7-3-5-9-24(22)25/h2-9,11-14,25-26H,10,15-17H2,1H3,(H,30,35)(H,33,34)/t26-/m0/s1. The Hall–Kier alpha value is -4.46. The molecule has 0 saturated heterocycles. The molecule has 37 heavy (non-hydrogen) atoms. The number of hydrogen-bond acceptors (Lipinski definition) is 6. The molecule has 4 rings (SSSR count). The molecular weight excluding hydrogens is 474 g/mol. The van der Waals surface area contributed by atoms with Gasteiger partial charge in [-0.15, -0.1) is 0 Å². The van der Waals surface area contributed by atoms with E-state index in [9.17, 15) is 24.3 Å². The highest BCUT2D eigenvalue weighted by atomic mass is 16.5. The summed E-state index contributed by atoms with van der Waals surface area (Å²) in [6.07, 6.45) is -0.704. The lowest BCUT2D eigenvalue weighted by atomic mass is 9.98. The molecule has 0 bridgehead atoms. The van der Waals surface area contributed by atoms with Crippen LogP contribution in [0.5, 0.6) is 5.75 Å². The van der Waals surface area contributed by atoms with E-state index < -0.39 is 24.1 Å². The van der Waals surface area contributed by atoms with Gasteiger partial charge >= 0.3 is 18.0 Å². The van der Waals surface area contributed by atoms with E-state index >= 15 is 0 Å². The minimum absolute atomic E-state index is 0.0117. The van der Waals surface area contributed by atoms with Crippen molar-refractivity contribution in [1.29, 1.82) is 0 Å². The Morgan fingerprint density at radius 2 is 1.46 bits per heavy atom. The first-order valence-electron chi connectivity index (χ1n) is 11.9. The van der Waals surface area contributed by atoms with Crippen molar-refractivity contribution in [1.82, 2.24) is 5.32 Å². The molecule has 0 spiro atoms. The van der Waals surface area contributed by atoms with Crippen LogP contribution in [0, 0.1) is 0 Å². The molecule has 3 aromatic carbocycles. The number of hydrogen-bond donors (Lipinski definition) is 2. The number of esters is 1. The van der Waals surface area contributed by atoms with Crippen LogP contribution in [-0.4, -0.2) is 41.6 Å². The molecule has 8 heteroatoms. The van der Waals surface area contributed by atoms with Crippen molar-refractivity contribution in [2.45, 2.75) is 38.1 Å². The Balaban J connectivity index is 1.33. The number of Topliss-reactive ketones (excluding diaryl/α,β-unsaturated/α-hetero) is 1. The van der Waals surface area contributed by atoms with Gasteiger partial charge in [0.05, 0.1) is 6.42 Å². The summed E-state index contributed by atoms with van der Waals surface area (Å²) in [6, 6.07) is 21.0. The van der Waals surface area contributed by atoms with Gasteiger partial charge in [-0.1, -0.05) is 60.7 Å². The third-order valence-electron chi connectivity index (χ3n) is 6.21. The van der Waals surface area contributed by atoms with E-state index in [0.717, 1.165) is 22.3 Å². The highest BCUT2D eigenvalue weighted by Gasteiger charge is 2.29. The van der Waals surface area contributed by atoms with E-state index in [0.29, 0.717) is 5.56 Å². The van der Waals surface area contributed by atoms with Crippen molar-refractivity contribution < 1.29 is 33.8 Å². The Morgan fingerprint density at radius 3 is 2.03 bits per heavy atom. The zero-order chi connectivity index (χ0) is 26.4. The number of carboxylic acids is 1. The van der Waals surface area contributed by atoms with E-state index in [2.05, 4.69) is 5.32 Å². The lowest BCUT2D eigenvalue weighted by Gasteiger charge is -2.17. The molecule has 0 aliphatic heterocycles. The van der Waals surface area contributed by atoms with Crippen molar-refractivity contribution in [3.8, 4) is 16.9 Å². The number of carboxylic acid groups (broad SMARTS) is 1. The van der Waals surface area contributed by atoms with Crippen molar-refractivity contribution in [3.05, 3.63) is 89.5 Å². The summed E-state index contributed by atoms with van der Waals surface area (Å²) in [5.41, 5.74) is 4.95. The molecule has 3 aromatic rings. The van der Waals surface area contributed by atoms with Crippen molar-refractivity contribution in [2.75, 3.05) is 6.61 Å². The highest BCUT2D eigenvalue weighted by Crippen LogP contribution is 2.44. The van der Waals surface area contributed by atoms with Gasteiger partial charge in [0.1, 0.15) is 24.2 Å². The predicted molar refractivity (Wildman–Crippen MR) is 135 cm³/mol. The van der Waals surface area contributed by atoms with Gasteiger partial charge in [-0.05, 0) is 46.9 Å². The Bertz CT molecular complexity index is 1270. The highest BCUT2D eigenvalue weighted by molar-refractivity contribution is 5.82. The molecule has 1 atom stereocenters. The number of amides is 1. The molecule has 0 radical (unpaired) electrons. The third kappa shape index (κ3) is 6.41. The van der Waals surface area contributed by atoms with Gasteiger partial charge in [-0.3, -0.25) is 4.79 Å². The fourth-order valence-corrected chi connectivity index (χ4v) is 4.37. The number of ether oxygens (including phenoxy) is 2. The fraction of sp³-hybridized carbons (Fsp3) is 0.241. The summed E-state index contributed by atoms with van der Waals surface area (Å²) < 4.78 is 10.6. The predicted octanol–water partition coefficient (Wildman–Crippen LogP) is 4.50. The zero-order valence-corrected chi connectivity index (χ0v) is 20.3. The van der Waals surface area contributed by atoms with Crippen molar-refractivity contribution in [3.63, 3.8) is 0 Å². The minimum Gasteiger partial charge on any atom is -0.480 e. The van der Waals surface area contributed by atoms with E-state index in [4.69, 9.17) is 9.47 Å². The molecule has 1 amide bonds. The summed E-state index contributed by atoms with van der Waals surface area (Å²) in [6.45, 7) is 1.48. The summed E-state index contributed by atoms with van der Waals surface area (Å²) >= 11 is 0. The first kappa shape index (κ1) is 25.6. The lowest BCUT2D eigenvalue weighted by Crippen LogP contribution is -2.42. The number of nitrogens with one attached hydrogen (secondary N) is 1. The molecule has 0 heterocycles. The molecule has 0 unspecified atom stereocenters. The third-order valence-corrected chi connectivity index (χ3v) is 6.21. The van der Waals surface area contributed by atoms with Crippen LogP contribution in [0.1, 0.15) is 42.4 Å². The van der Waals surface area contributed by atoms with E-state index in [1.807, 2.05) is 48.5 Å². The van der Waals surface area contributed by atoms with E-state index in [-0.39, 0.29) is 43.3 Å². The first-order chi connectivity index (χ1) is 17.8. The average Bonchev–Trinajstić information content (AvgIpc) is 3.20. The smallest absolute Gasteiger partial charge is 0.407 e. The van der Waals surface area contributed by atoms with Gasteiger partial charge in [-0.2, -0.15) is 0 Å². The summed E-state index contributed by atoms with van der Waals surface area (Å²) in [5.74, 6) is -1.67. The van der Waals surface area contributed by atoms with Gasteiger partial charge in [0, 0.05) is 18.8 Å².